The first kappa shape index (κ1) is 19.6. The molecule has 26 heavy (non-hydrogen) atoms. The molecule has 0 fully saturated rings. The second-order valence-electron chi connectivity index (χ2n) is 7.26. The van der Waals surface area contributed by atoms with E-state index in [0.29, 0.717) is 6.54 Å². The number of carbonyl (C=O) groups excluding carboxylic acids is 1. The summed E-state index contributed by atoms with van der Waals surface area (Å²) in [7, 11) is 3.92. The summed E-state index contributed by atoms with van der Waals surface area (Å²) in [5.41, 5.74) is 14.7. The molecule has 1 amide bonds. The number of rotatable bonds is 8. The van der Waals surface area contributed by atoms with E-state index in [-0.39, 0.29) is 11.3 Å². The lowest BCUT2D eigenvalue weighted by molar-refractivity contribution is -0.656. The van der Waals surface area contributed by atoms with Gasteiger partial charge in [0.2, 0.25) is 5.91 Å². The van der Waals surface area contributed by atoms with E-state index in [0.717, 1.165) is 29.6 Å². The second kappa shape index (κ2) is 8.09. The van der Waals surface area contributed by atoms with Crippen molar-refractivity contribution in [3.05, 3.63) is 30.6 Å². The highest BCUT2D eigenvalue weighted by atomic mass is 16.1. The molecule has 0 aliphatic rings. The van der Waals surface area contributed by atoms with Crippen LogP contribution in [0, 0.1) is 5.41 Å². The first-order chi connectivity index (χ1) is 12.2. The summed E-state index contributed by atoms with van der Waals surface area (Å²) in [4.78, 5) is 11.4. The van der Waals surface area contributed by atoms with E-state index >= 15 is 0 Å². The molecular formula is C18H30N7O+. The van der Waals surface area contributed by atoms with Gasteiger partial charge in [0, 0.05) is 19.2 Å². The van der Waals surface area contributed by atoms with Gasteiger partial charge in [-0.25, -0.2) is 14.6 Å². The minimum absolute atomic E-state index is 0.0223. The predicted octanol–water partition coefficient (Wildman–Crippen LogP) is 1.64. The fourth-order valence-corrected chi connectivity index (χ4v) is 2.38. The van der Waals surface area contributed by atoms with Crippen molar-refractivity contribution in [3.8, 4) is 0 Å². The Morgan fingerprint density at radius 2 is 2.00 bits per heavy atom. The van der Waals surface area contributed by atoms with Crippen molar-refractivity contribution in [2.75, 3.05) is 34.6 Å². The molecule has 0 atom stereocenters. The standard InChI is InChI=1S/C18H29N7O/c1-13(26)21-14-6-7-15(20-12-18(2,3)11-19)16(10-14)22-23-17-24(4)8-9-25(17)5/h6-10,20,22H,11-12,19H2,1-5H3,(H,21,26)/p+1. The van der Waals surface area contributed by atoms with E-state index in [1.807, 2.05) is 53.8 Å². The first-order valence-electron chi connectivity index (χ1n) is 8.60. The summed E-state index contributed by atoms with van der Waals surface area (Å²) in [6, 6.07) is 5.69. The molecule has 0 saturated carbocycles. The third-order valence-electron chi connectivity index (χ3n) is 4.14. The minimum atomic E-state index is -0.109. The molecule has 0 spiro atoms. The highest BCUT2D eigenvalue weighted by Gasteiger charge is 2.17. The molecule has 0 saturated heterocycles. The van der Waals surface area contributed by atoms with E-state index < -0.39 is 0 Å². The van der Waals surface area contributed by atoms with Crippen molar-refractivity contribution < 1.29 is 9.36 Å². The second-order valence-corrected chi connectivity index (χ2v) is 7.26. The van der Waals surface area contributed by atoms with Gasteiger partial charge in [0.1, 0.15) is 0 Å². The number of nitrogens with one attached hydrogen (secondary N) is 4. The number of benzene rings is 1. The average Bonchev–Trinajstić information content (AvgIpc) is 2.90. The van der Waals surface area contributed by atoms with Crippen LogP contribution in [-0.2, 0) is 18.9 Å². The van der Waals surface area contributed by atoms with Crippen molar-refractivity contribution in [1.29, 1.82) is 0 Å². The van der Waals surface area contributed by atoms with E-state index in [1.165, 1.54) is 6.92 Å². The zero-order valence-corrected chi connectivity index (χ0v) is 16.2. The van der Waals surface area contributed by atoms with Crippen LogP contribution >= 0.6 is 0 Å². The number of hydrogen-bond acceptors (Lipinski definition) is 5. The number of nitrogens with zero attached hydrogens (tertiary/aromatic N) is 2. The van der Waals surface area contributed by atoms with E-state index in [1.54, 1.807) is 0 Å². The molecule has 8 nitrogen and oxygen atoms in total. The number of hydrogen-bond donors (Lipinski definition) is 5. The molecule has 1 heterocycles. The summed E-state index contributed by atoms with van der Waals surface area (Å²) < 4.78 is 3.94. The fraction of sp³-hybridized carbons (Fsp3) is 0.444. The lowest BCUT2D eigenvalue weighted by Gasteiger charge is -2.24. The molecule has 142 valence electrons. The van der Waals surface area contributed by atoms with Crippen LogP contribution in [0.25, 0.3) is 0 Å². The molecule has 2 rings (SSSR count). The Hall–Kier alpha value is -2.74. The molecule has 2 aromatic rings. The summed E-state index contributed by atoms with van der Waals surface area (Å²) in [5, 5.41) is 6.24. The molecule has 1 aromatic heterocycles. The Bertz CT molecular complexity index is 747. The average molecular weight is 360 g/mol. The van der Waals surface area contributed by atoms with Gasteiger partial charge in [0.25, 0.3) is 0 Å². The number of anilines is 4. The Balaban J connectivity index is 2.22. The summed E-state index contributed by atoms with van der Waals surface area (Å²) in [6.07, 6.45) is 3.92. The SMILES string of the molecule is CC(=O)Nc1ccc(NCC(C)(C)CN)c(NNc2n(C)cc[n+]2C)c1. The predicted molar refractivity (Wildman–Crippen MR) is 106 cm³/mol. The van der Waals surface area contributed by atoms with Crippen LogP contribution in [0.4, 0.5) is 23.0 Å². The van der Waals surface area contributed by atoms with Crippen LogP contribution in [0.2, 0.25) is 0 Å². The van der Waals surface area contributed by atoms with Gasteiger partial charge in [-0.1, -0.05) is 13.8 Å². The normalized spacial score (nSPS) is 11.2. The molecular weight excluding hydrogens is 330 g/mol. The molecule has 8 heteroatoms. The molecule has 1 aromatic carbocycles. The van der Waals surface area contributed by atoms with Gasteiger partial charge in [-0.15, -0.1) is 0 Å². The summed E-state index contributed by atoms with van der Waals surface area (Å²) in [5.74, 6) is 0.783. The largest absolute Gasteiger partial charge is 0.383 e. The Kier molecular flexibility index (Phi) is 6.10. The van der Waals surface area contributed by atoms with Gasteiger partial charge in [-0.05, 0) is 30.2 Å². The smallest absolute Gasteiger partial charge is 0.378 e. The van der Waals surface area contributed by atoms with Crippen LogP contribution in [0.3, 0.4) is 0 Å². The maximum absolute atomic E-state index is 11.4. The third-order valence-corrected chi connectivity index (χ3v) is 4.14. The van der Waals surface area contributed by atoms with Gasteiger partial charge in [0.05, 0.1) is 37.9 Å². The monoisotopic (exact) mass is 360 g/mol. The van der Waals surface area contributed by atoms with E-state index in [9.17, 15) is 4.79 Å². The first-order valence-corrected chi connectivity index (χ1v) is 8.60. The molecule has 0 radical (unpaired) electrons. The Morgan fingerprint density at radius 3 is 2.58 bits per heavy atom. The highest BCUT2D eigenvalue weighted by molar-refractivity contribution is 5.90. The highest BCUT2D eigenvalue weighted by Crippen LogP contribution is 2.27. The molecule has 0 bridgehead atoms. The summed E-state index contributed by atoms with van der Waals surface area (Å²) >= 11 is 0. The quantitative estimate of drug-likeness (QED) is 0.364. The maximum Gasteiger partial charge on any atom is 0.378 e. The lowest BCUT2D eigenvalue weighted by Crippen LogP contribution is -2.33. The number of carbonyl (C=O) groups is 1. The van der Waals surface area contributed by atoms with E-state index in [4.69, 9.17) is 5.73 Å². The van der Waals surface area contributed by atoms with Crippen molar-refractivity contribution in [2.24, 2.45) is 25.2 Å². The fourth-order valence-electron chi connectivity index (χ4n) is 2.38. The third kappa shape index (κ3) is 5.13. The van der Waals surface area contributed by atoms with E-state index in [2.05, 4.69) is 35.3 Å². The van der Waals surface area contributed by atoms with Gasteiger partial charge < -0.3 is 16.4 Å². The molecule has 0 unspecified atom stereocenters. The van der Waals surface area contributed by atoms with Gasteiger partial charge in [-0.3, -0.25) is 4.79 Å². The molecule has 0 aliphatic carbocycles. The lowest BCUT2D eigenvalue weighted by atomic mass is 9.94. The van der Waals surface area contributed by atoms with Crippen LogP contribution in [0.1, 0.15) is 20.8 Å². The number of nitrogens with two attached hydrogens (primary N) is 1. The molecule has 6 N–H and O–H groups in total. The van der Waals surface area contributed by atoms with Gasteiger partial charge in [-0.2, -0.15) is 5.43 Å². The van der Waals surface area contributed by atoms with Crippen molar-refractivity contribution in [3.63, 3.8) is 0 Å². The van der Waals surface area contributed by atoms with Gasteiger partial charge >= 0.3 is 5.95 Å². The topological polar surface area (TPSA) is 100 Å². The summed E-state index contributed by atoms with van der Waals surface area (Å²) in [6.45, 7) is 7.03. The van der Waals surface area contributed by atoms with Crippen LogP contribution in [0.5, 0.6) is 0 Å². The maximum atomic E-state index is 11.4. The number of hydrazine groups is 1. The van der Waals surface area contributed by atoms with Crippen LogP contribution in [0.15, 0.2) is 30.6 Å². The number of aromatic nitrogens is 2. The Morgan fingerprint density at radius 1 is 1.27 bits per heavy atom. The Labute approximate surface area is 154 Å². The molecule has 0 aliphatic heterocycles. The number of aryl methyl sites for hydroxylation is 2. The zero-order chi connectivity index (χ0) is 19.3. The van der Waals surface area contributed by atoms with Gasteiger partial charge in [0.15, 0.2) is 0 Å². The van der Waals surface area contributed by atoms with Crippen molar-refractivity contribution in [2.45, 2.75) is 20.8 Å². The van der Waals surface area contributed by atoms with Crippen molar-refractivity contribution >= 4 is 28.9 Å². The van der Waals surface area contributed by atoms with Crippen molar-refractivity contribution in [1.82, 2.24) is 4.57 Å². The number of imidazole rings is 1. The minimum Gasteiger partial charge on any atom is -0.383 e. The van der Waals surface area contributed by atoms with Crippen LogP contribution < -0.4 is 31.8 Å². The van der Waals surface area contributed by atoms with Crippen LogP contribution in [-0.4, -0.2) is 23.6 Å². The zero-order valence-electron chi connectivity index (χ0n) is 16.2. The number of amides is 1.